The van der Waals surface area contributed by atoms with Crippen molar-refractivity contribution in [2.75, 3.05) is 4.90 Å². The molecule has 0 unspecified atom stereocenters. The number of aromatic nitrogens is 2. The predicted molar refractivity (Wildman–Crippen MR) is 127 cm³/mol. The minimum Gasteiger partial charge on any atom is -0.457 e. The highest BCUT2D eigenvalue weighted by Gasteiger charge is 2.23. The highest BCUT2D eigenvalue weighted by Crippen LogP contribution is 2.33. The number of benzene rings is 3. The average Bonchev–Trinajstić information content (AvgIpc) is 3.28. The number of amides is 1. The molecule has 0 N–H and O–H groups in total. The Morgan fingerprint density at radius 2 is 1.71 bits per heavy atom. The SMILES string of the molecule is O=C(c1ccc(Oc2ccccc2)cc1)N(Cc1cccnc1)c1nc2c(F)cc(F)cc2s1. The fraction of sp³-hybridized carbons (Fsp3) is 0.0385. The molecule has 5 aromatic rings. The van der Waals surface area contributed by atoms with E-state index in [0.29, 0.717) is 21.8 Å². The van der Waals surface area contributed by atoms with E-state index in [2.05, 4.69) is 9.97 Å². The maximum absolute atomic E-state index is 14.3. The lowest BCUT2D eigenvalue weighted by Gasteiger charge is -2.20. The molecule has 0 radical (unpaired) electrons. The highest BCUT2D eigenvalue weighted by molar-refractivity contribution is 7.22. The van der Waals surface area contributed by atoms with Crippen molar-refractivity contribution in [2.45, 2.75) is 6.54 Å². The summed E-state index contributed by atoms with van der Waals surface area (Å²) in [6, 6.07) is 21.6. The first-order valence-electron chi connectivity index (χ1n) is 10.4. The van der Waals surface area contributed by atoms with E-state index < -0.39 is 11.6 Å². The van der Waals surface area contributed by atoms with E-state index in [9.17, 15) is 13.6 Å². The molecule has 0 atom stereocenters. The van der Waals surface area contributed by atoms with Gasteiger partial charge in [-0.3, -0.25) is 14.7 Å². The number of pyridine rings is 1. The lowest BCUT2D eigenvalue weighted by atomic mass is 10.1. The minimum atomic E-state index is -0.770. The van der Waals surface area contributed by atoms with Gasteiger partial charge in [-0.05, 0) is 54.1 Å². The Morgan fingerprint density at radius 1 is 0.941 bits per heavy atom. The number of halogens is 2. The van der Waals surface area contributed by atoms with Crippen LogP contribution in [0, 0.1) is 11.6 Å². The van der Waals surface area contributed by atoms with Crippen molar-refractivity contribution in [3.8, 4) is 11.5 Å². The van der Waals surface area contributed by atoms with E-state index in [-0.39, 0.29) is 23.1 Å². The number of para-hydroxylation sites is 1. The summed E-state index contributed by atoms with van der Waals surface area (Å²) in [5.74, 6) is -0.536. The van der Waals surface area contributed by atoms with Crippen LogP contribution in [-0.4, -0.2) is 15.9 Å². The molecule has 0 aliphatic heterocycles. The molecule has 3 aromatic carbocycles. The molecular formula is C26H17F2N3O2S. The summed E-state index contributed by atoms with van der Waals surface area (Å²) in [6.07, 6.45) is 3.28. The van der Waals surface area contributed by atoms with E-state index in [1.165, 1.54) is 11.0 Å². The number of carbonyl (C=O) groups excluding carboxylic acids is 1. The monoisotopic (exact) mass is 473 g/mol. The molecule has 8 heteroatoms. The third-order valence-electron chi connectivity index (χ3n) is 5.02. The van der Waals surface area contributed by atoms with Gasteiger partial charge in [0.05, 0.1) is 11.2 Å². The van der Waals surface area contributed by atoms with Crippen molar-refractivity contribution in [1.82, 2.24) is 9.97 Å². The normalized spacial score (nSPS) is 10.9. The van der Waals surface area contributed by atoms with Crippen LogP contribution in [0.5, 0.6) is 11.5 Å². The van der Waals surface area contributed by atoms with E-state index in [4.69, 9.17) is 4.74 Å². The van der Waals surface area contributed by atoms with Crippen LogP contribution in [0.3, 0.4) is 0 Å². The molecule has 0 bridgehead atoms. The molecule has 2 heterocycles. The van der Waals surface area contributed by atoms with Gasteiger partial charge in [0.2, 0.25) is 0 Å². The van der Waals surface area contributed by atoms with Crippen LogP contribution in [0.2, 0.25) is 0 Å². The molecule has 0 saturated heterocycles. The quantitative estimate of drug-likeness (QED) is 0.279. The molecule has 34 heavy (non-hydrogen) atoms. The van der Waals surface area contributed by atoms with Gasteiger partial charge in [0.15, 0.2) is 10.9 Å². The van der Waals surface area contributed by atoms with Crippen LogP contribution >= 0.6 is 11.3 Å². The summed E-state index contributed by atoms with van der Waals surface area (Å²) in [4.78, 5) is 23.4. The lowest BCUT2D eigenvalue weighted by molar-refractivity contribution is 0.0985. The standard InChI is InChI=1S/C26H17F2N3O2S/c27-19-13-22(28)24-23(14-19)34-26(30-24)31(16-17-5-4-12-29-15-17)25(32)18-8-10-21(11-9-18)33-20-6-2-1-3-7-20/h1-15H,16H2. The van der Waals surface area contributed by atoms with E-state index in [1.807, 2.05) is 36.4 Å². The van der Waals surface area contributed by atoms with Crippen LogP contribution in [-0.2, 0) is 6.54 Å². The molecule has 1 amide bonds. The molecule has 0 aliphatic rings. The minimum absolute atomic E-state index is 0.0250. The summed E-state index contributed by atoms with van der Waals surface area (Å²) in [5.41, 5.74) is 1.19. The van der Waals surface area contributed by atoms with Gasteiger partial charge in [0.25, 0.3) is 5.91 Å². The fourth-order valence-electron chi connectivity index (χ4n) is 3.41. The first-order chi connectivity index (χ1) is 16.6. The second kappa shape index (κ2) is 9.36. The molecule has 0 spiro atoms. The zero-order valence-corrected chi connectivity index (χ0v) is 18.5. The van der Waals surface area contributed by atoms with E-state index in [1.54, 1.807) is 42.7 Å². The van der Waals surface area contributed by atoms with Crippen LogP contribution in [0.1, 0.15) is 15.9 Å². The van der Waals surface area contributed by atoms with Gasteiger partial charge >= 0.3 is 0 Å². The zero-order valence-electron chi connectivity index (χ0n) is 17.7. The Kier molecular flexibility index (Phi) is 5.97. The Bertz CT molecular complexity index is 1440. The van der Waals surface area contributed by atoms with Crippen molar-refractivity contribution in [2.24, 2.45) is 0 Å². The number of anilines is 1. The van der Waals surface area contributed by atoms with Crippen molar-refractivity contribution < 1.29 is 18.3 Å². The number of thiazole rings is 1. The van der Waals surface area contributed by atoms with Gasteiger partial charge in [-0.15, -0.1) is 0 Å². The Labute approximate surface area is 197 Å². The number of hydrogen-bond acceptors (Lipinski definition) is 5. The maximum Gasteiger partial charge on any atom is 0.260 e. The lowest BCUT2D eigenvalue weighted by Crippen LogP contribution is -2.30. The number of fused-ring (bicyclic) bond motifs is 1. The van der Waals surface area contributed by atoms with Gasteiger partial charge in [-0.2, -0.15) is 0 Å². The van der Waals surface area contributed by atoms with Gasteiger partial charge in [-0.1, -0.05) is 35.6 Å². The topological polar surface area (TPSA) is 55.3 Å². The second-order valence-electron chi connectivity index (χ2n) is 7.42. The largest absolute Gasteiger partial charge is 0.457 e. The van der Waals surface area contributed by atoms with Crippen molar-refractivity contribution in [3.63, 3.8) is 0 Å². The average molecular weight is 474 g/mol. The zero-order chi connectivity index (χ0) is 23.5. The van der Waals surface area contributed by atoms with E-state index in [0.717, 1.165) is 23.0 Å². The predicted octanol–water partition coefficient (Wildman–Crippen LogP) is 6.61. The molecule has 2 aromatic heterocycles. The number of ether oxygens (including phenoxy) is 1. The van der Waals surface area contributed by atoms with Crippen LogP contribution < -0.4 is 9.64 Å². The van der Waals surface area contributed by atoms with Crippen LogP contribution in [0.25, 0.3) is 10.2 Å². The van der Waals surface area contributed by atoms with Gasteiger partial charge in [0.1, 0.15) is 22.8 Å². The Morgan fingerprint density at radius 3 is 2.44 bits per heavy atom. The molecule has 0 saturated carbocycles. The third-order valence-corrected chi connectivity index (χ3v) is 6.05. The number of rotatable bonds is 6. The van der Waals surface area contributed by atoms with Crippen molar-refractivity contribution in [3.05, 3.63) is 114 Å². The Balaban J connectivity index is 1.47. The van der Waals surface area contributed by atoms with Gasteiger partial charge in [0, 0.05) is 24.0 Å². The fourth-order valence-corrected chi connectivity index (χ4v) is 4.41. The highest BCUT2D eigenvalue weighted by atomic mass is 32.1. The number of carbonyl (C=O) groups is 1. The Hall–Kier alpha value is -4.17. The summed E-state index contributed by atoms with van der Waals surface area (Å²) in [7, 11) is 0. The number of nitrogens with zero attached hydrogens (tertiary/aromatic N) is 3. The maximum atomic E-state index is 14.3. The van der Waals surface area contributed by atoms with Gasteiger partial charge < -0.3 is 4.74 Å². The van der Waals surface area contributed by atoms with Gasteiger partial charge in [-0.25, -0.2) is 13.8 Å². The molecule has 5 rings (SSSR count). The summed E-state index contributed by atoms with van der Waals surface area (Å²) >= 11 is 1.05. The second-order valence-corrected chi connectivity index (χ2v) is 8.43. The molecule has 0 fully saturated rings. The smallest absolute Gasteiger partial charge is 0.260 e. The van der Waals surface area contributed by atoms with Crippen LogP contribution in [0.4, 0.5) is 13.9 Å². The van der Waals surface area contributed by atoms with Crippen molar-refractivity contribution in [1.29, 1.82) is 0 Å². The van der Waals surface area contributed by atoms with Crippen LogP contribution in [0.15, 0.2) is 91.3 Å². The molecular weight excluding hydrogens is 456 g/mol. The summed E-state index contributed by atoms with van der Waals surface area (Å²) < 4.78 is 34.1. The molecule has 0 aliphatic carbocycles. The first kappa shape index (κ1) is 21.7. The molecule has 5 nitrogen and oxygen atoms in total. The summed E-state index contributed by atoms with van der Waals surface area (Å²) in [6.45, 7) is 0.166. The van der Waals surface area contributed by atoms with Crippen molar-refractivity contribution >= 4 is 32.6 Å². The molecule has 168 valence electrons. The number of hydrogen-bond donors (Lipinski definition) is 0. The summed E-state index contributed by atoms with van der Waals surface area (Å²) in [5, 5.41) is 0.262. The first-order valence-corrected chi connectivity index (χ1v) is 11.2. The van der Waals surface area contributed by atoms with E-state index >= 15 is 0 Å². The third kappa shape index (κ3) is 4.62.